The van der Waals surface area contributed by atoms with Gasteiger partial charge in [-0.2, -0.15) is 5.26 Å². The summed E-state index contributed by atoms with van der Waals surface area (Å²) in [6.07, 6.45) is 11.4. The van der Waals surface area contributed by atoms with Crippen LogP contribution in [-0.2, 0) is 40.9 Å². The summed E-state index contributed by atoms with van der Waals surface area (Å²) >= 11 is 0. The van der Waals surface area contributed by atoms with Gasteiger partial charge in [0, 0.05) is 85.6 Å². The van der Waals surface area contributed by atoms with E-state index < -0.39 is 17.6 Å². The predicted molar refractivity (Wildman–Crippen MR) is 200 cm³/mol. The van der Waals surface area contributed by atoms with Gasteiger partial charge in [-0.05, 0) is 86.5 Å². The minimum atomic E-state index is -2.66. The minimum Gasteiger partial charge on any atom is -0.428 e. The zero-order valence-corrected chi connectivity index (χ0v) is 33.2. The normalized spacial score (nSPS) is 15.0. The molecule has 0 spiro atoms. The summed E-state index contributed by atoms with van der Waals surface area (Å²) in [5.74, 6) is 0.147. The van der Waals surface area contributed by atoms with Gasteiger partial charge in [0.15, 0.2) is 0 Å². The Morgan fingerprint density at radius 3 is 1.78 bits per heavy atom. The van der Waals surface area contributed by atoms with Crippen molar-refractivity contribution in [3.05, 3.63) is 0 Å². The molecule has 0 aromatic heterocycles. The molecule has 296 valence electrons. The molecule has 14 nitrogen and oxygen atoms in total. The lowest BCUT2D eigenvalue weighted by atomic mass is 10.2. The fourth-order valence-corrected chi connectivity index (χ4v) is 10.6. The number of hydrogen-bond donors (Lipinski definition) is 2. The van der Waals surface area contributed by atoms with E-state index in [0.717, 1.165) is 64.0 Å². The van der Waals surface area contributed by atoms with Gasteiger partial charge in [-0.1, -0.05) is 20.3 Å². The van der Waals surface area contributed by atoms with Crippen LogP contribution >= 0.6 is 0 Å². The Hall–Kier alpha value is -2.11. The molecule has 4 amide bonds. The molecule has 0 aromatic rings. The molecule has 2 aliphatic heterocycles. The van der Waals surface area contributed by atoms with Gasteiger partial charge < -0.3 is 41.9 Å². The van der Waals surface area contributed by atoms with E-state index in [9.17, 15) is 14.4 Å². The molecule has 0 aliphatic carbocycles. The van der Waals surface area contributed by atoms with E-state index in [1.54, 1.807) is 6.26 Å². The van der Waals surface area contributed by atoms with Gasteiger partial charge in [-0.15, -0.1) is 0 Å². The van der Waals surface area contributed by atoms with Crippen molar-refractivity contribution < 1.29 is 47.1 Å². The molecule has 2 fully saturated rings. The van der Waals surface area contributed by atoms with E-state index in [1.807, 2.05) is 41.5 Å². The first-order valence-corrected chi connectivity index (χ1v) is 22.3. The summed E-state index contributed by atoms with van der Waals surface area (Å²) in [6, 6.07) is 1.13. The lowest BCUT2D eigenvalue weighted by Gasteiger charge is -2.28. The SMILES string of the molecule is C.CCO[Si](CCCCOC#N)(OCC)OCC.CCO[Si](CCCNC(=O)N1CCCCCC1=O)(OCC)OCC.O=C1CCCCCN1.[2HH]. The zero-order valence-electron chi connectivity index (χ0n) is 31.2. The van der Waals surface area contributed by atoms with Crippen LogP contribution in [0.4, 0.5) is 4.79 Å². The first-order valence-electron chi connectivity index (χ1n) is 18.4. The van der Waals surface area contributed by atoms with E-state index in [1.165, 1.54) is 11.3 Å². The van der Waals surface area contributed by atoms with E-state index in [4.69, 9.17) is 31.8 Å². The van der Waals surface area contributed by atoms with Crippen LogP contribution in [-0.4, -0.2) is 106 Å². The zero-order chi connectivity index (χ0) is 36.6. The maximum Gasteiger partial charge on any atom is 0.500 e. The molecule has 2 N–H and O–H groups in total. The van der Waals surface area contributed by atoms with Gasteiger partial charge >= 0.3 is 23.6 Å². The van der Waals surface area contributed by atoms with Crippen molar-refractivity contribution in [1.29, 1.82) is 5.26 Å². The third kappa shape index (κ3) is 23.4. The highest BCUT2D eigenvalue weighted by atomic mass is 28.4. The average Bonchev–Trinajstić information content (AvgIpc) is 3.46. The van der Waals surface area contributed by atoms with Gasteiger partial charge in [0.1, 0.15) is 6.61 Å². The van der Waals surface area contributed by atoms with Crippen molar-refractivity contribution in [2.24, 2.45) is 0 Å². The van der Waals surface area contributed by atoms with Crippen molar-refractivity contribution in [2.75, 3.05) is 65.9 Å². The Labute approximate surface area is 306 Å². The highest BCUT2D eigenvalue weighted by Gasteiger charge is 2.40. The summed E-state index contributed by atoms with van der Waals surface area (Å²) in [6.45, 7) is 17.3. The largest absolute Gasteiger partial charge is 0.500 e. The molecule has 2 heterocycles. The van der Waals surface area contributed by atoms with E-state index in [0.29, 0.717) is 78.2 Å². The summed E-state index contributed by atoms with van der Waals surface area (Å²) < 4.78 is 39.1. The average molecular weight is 754 g/mol. The molecular formula is C34H72N4O10Si2. The molecule has 2 rings (SSSR count). The van der Waals surface area contributed by atoms with Crippen LogP contribution in [0.15, 0.2) is 0 Å². The molecule has 50 heavy (non-hydrogen) atoms. The van der Waals surface area contributed by atoms with Crippen LogP contribution in [0.1, 0.15) is 121 Å². The van der Waals surface area contributed by atoms with Crippen molar-refractivity contribution in [3.63, 3.8) is 0 Å². The van der Waals surface area contributed by atoms with E-state index >= 15 is 0 Å². The number of amides is 4. The third-order valence-electron chi connectivity index (χ3n) is 7.39. The Balaban J connectivity index is -0.000000742. The number of hydrogen-bond acceptors (Lipinski definition) is 11. The third-order valence-corrected chi connectivity index (χ3v) is 13.7. The minimum absolute atomic E-state index is 0. The van der Waals surface area contributed by atoms with Gasteiger partial charge in [0.2, 0.25) is 11.8 Å². The van der Waals surface area contributed by atoms with Crippen LogP contribution in [0.2, 0.25) is 12.1 Å². The standard InChI is InChI=1S/C16H32N2O5Si.C11H23NO4Si.C6H11NO.CH4.H2/c1-4-21-24(22-5-2,23-6-3)14-10-12-17-16(20)18-13-9-7-8-11-15(18)19;1-4-14-17(15-5-2,16-6-3)10-8-7-9-13-11-12;8-6-4-2-1-3-5-7-6;;/h4-14H2,1-3H3,(H,17,20);4-10H2,1-3H3;1-5H2,(H,7,8);1H4;1H/i;;;;1+1. The molecule has 0 bridgehead atoms. The molecule has 0 unspecified atom stereocenters. The number of unbranched alkanes of at least 4 members (excludes halogenated alkanes) is 1. The second-order valence-electron chi connectivity index (χ2n) is 11.2. The molecule has 2 aliphatic rings. The number of urea groups is 1. The number of rotatable bonds is 21. The van der Waals surface area contributed by atoms with Crippen LogP contribution in [0, 0.1) is 11.5 Å². The quantitative estimate of drug-likeness (QED) is 0.0756. The molecule has 16 heteroatoms. The van der Waals surface area contributed by atoms with Gasteiger partial charge in [0.25, 0.3) is 6.26 Å². The maximum atomic E-state index is 12.2. The highest BCUT2D eigenvalue weighted by Crippen LogP contribution is 2.20. The van der Waals surface area contributed by atoms with Crippen LogP contribution in [0.25, 0.3) is 0 Å². The van der Waals surface area contributed by atoms with Crippen molar-refractivity contribution in [1.82, 2.24) is 15.5 Å². The van der Waals surface area contributed by atoms with Crippen molar-refractivity contribution >= 4 is 35.5 Å². The predicted octanol–water partition coefficient (Wildman–Crippen LogP) is 6.41. The molecule has 0 aromatic carbocycles. The maximum absolute atomic E-state index is 12.2. The Morgan fingerprint density at radius 1 is 0.760 bits per heavy atom. The monoisotopic (exact) mass is 753 g/mol. The Bertz CT molecular complexity index is 877. The number of nitrogens with zero attached hydrogens (tertiary/aromatic N) is 2. The topological polar surface area (TPSA) is 167 Å². The number of nitriles is 1. The number of nitrogens with one attached hydrogen (secondary N) is 2. The molecular weight excluding hydrogens is 681 g/mol. The molecule has 2 saturated heterocycles. The van der Waals surface area contributed by atoms with Crippen molar-refractivity contribution in [3.8, 4) is 6.26 Å². The number of likely N-dealkylation sites (tertiary alicyclic amines) is 1. The summed E-state index contributed by atoms with van der Waals surface area (Å²) in [5, 5.41) is 13.9. The van der Waals surface area contributed by atoms with Crippen LogP contribution in [0.3, 0.4) is 0 Å². The van der Waals surface area contributed by atoms with E-state index in [2.05, 4.69) is 15.4 Å². The molecule has 0 atom stereocenters. The number of ether oxygens (including phenoxy) is 1. The summed E-state index contributed by atoms with van der Waals surface area (Å²) in [4.78, 5) is 36.0. The second kappa shape index (κ2) is 32.8. The number of imide groups is 1. The second-order valence-corrected chi connectivity index (χ2v) is 16.7. The van der Waals surface area contributed by atoms with Crippen LogP contribution < -0.4 is 10.6 Å². The first-order chi connectivity index (χ1) is 23.7. The Morgan fingerprint density at radius 2 is 1.26 bits per heavy atom. The Kier molecular flexibility index (Phi) is 32.8. The summed E-state index contributed by atoms with van der Waals surface area (Å²) in [7, 11) is -5.15. The van der Waals surface area contributed by atoms with Gasteiger partial charge in [-0.3, -0.25) is 14.5 Å². The molecule has 0 radical (unpaired) electrons. The van der Waals surface area contributed by atoms with Crippen LogP contribution in [0.5, 0.6) is 0 Å². The van der Waals surface area contributed by atoms with Gasteiger partial charge in [0.05, 0.1) is 0 Å². The fraction of sp³-hybridized carbons (Fsp3) is 0.882. The van der Waals surface area contributed by atoms with E-state index in [-0.39, 0.29) is 26.7 Å². The first kappa shape index (κ1) is 50.0. The lowest BCUT2D eigenvalue weighted by Crippen LogP contribution is -2.47. The lowest BCUT2D eigenvalue weighted by molar-refractivity contribution is -0.127. The fourth-order valence-electron chi connectivity index (χ4n) is 5.26. The van der Waals surface area contributed by atoms with Gasteiger partial charge in [-0.25, -0.2) is 4.79 Å². The smallest absolute Gasteiger partial charge is 0.428 e. The van der Waals surface area contributed by atoms with Crippen molar-refractivity contribution in [2.45, 2.75) is 132 Å². The number of carbonyl (C=O) groups is 3. The number of carbonyl (C=O) groups excluding carboxylic acids is 3. The molecule has 0 saturated carbocycles. The summed E-state index contributed by atoms with van der Waals surface area (Å²) in [5.41, 5.74) is 0. The highest BCUT2D eigenvalue weighted by molar-refractivity contribution is 6.61.